The molecule has 1 amide bonds. The van der Waals surface area contributed by atoms with Gasteiger partial charge in [0.15, 0.2) is 26.8 Å². The maximum Gasteiger partial charge on any atom is 0.280 e. The maximum atomic E-state index is 12.9. The maximum absolute atomic E-state index is 12.9. The topological polar surface area (TPSA) is 116 Å². The van der Waals surface area contributed by atoms with Gasteiger partial charge in [0.05, 0.1) is 23.9 Å². The number of aryl methyl sites for hydroxylation is 1. The Hall–Kier alpha value is -2.34. The summed E-state index contributed by atoms with van der Waals surface area (Å²) < 4.78 is 35.1. The molecule has 1 aromatic heterocycles. The largest absolute Gasteiger partial charge is 0.389 e. The number of hydrogen-bond donors (Lipinski definition) is 1. The smallest absolute Gasteiger partial charge is 0.280 e. The third-order valence-electron chi connectivity index (χ3n) is 4.49. The van der Waals surface area contributed by atoms with Crippen molar-refractivity contribution in [2.75, 3.05) is 38.0 Å². The summed E-state index contributed by atoms with van der Waals surface area (Å²) in [5.41, 5.74) is 0.462. The molecule has 0 aliphatic carbocycles. The Morgan fingerprint density at radius 3 is 2.74 bits per heavy atom. The predicted molar refractivity (Wildman–Crippen MR) is 117 cm³/mol. The highest BCUT2D eigenvalue weighted by Crippen LogP contribution is 2.19. The second-order valence-corrected chi connectivity index (χ2v) is 10.3. The van der Waals surface area contributed by atoms with Crippen LogP contribution in [-0.2, 0) is 28.9 Å². The summed E-state index contributed by atoms with van der Waals surface area (Å²) in [6, 6.07) is 6.02. The van der Waals surface area contributed by atoms with Crippen LogP contribution in [0.5, 0.6) is 0 Å². The van der Waals surface area contributed by atoms with Gasteiger partial charge >= 0.3 is 0 Å². The highest BCUT2D eigenvalue weighted by molar-refractivity contribution is 7.91. The van der Waals surface area contributed by atoms with Crippen LogP contribution in [-0.4, -0.2) is 63.8 Å². The van der Waals surface area contributed by atoms with Crippen LogP contribution in [0.15, 0.2) is 40.5 Å². The summed E-state index contributed by atoms with van der Waals surface area (Å²) in [7, 11) is -1.92. The zero-order valence-corrected chi connectivity index (χ0v) is 19.0. The number of oxime groups is 1. The van der Waals surface area contributed by atoms with Crippen LogP contribution in [0.1, 0.15) is 23.3 Å². The third kappa shape index (κ3) is 6.57. The molecule has 1 fully saturated rings. The van der Waals surface area contributed by atoms with E-state index in [2.05, 4.69) is 15.5 Å². The zero-order valence-electron chi connectivity index (χ0n) is 17.4. The van der Waals surface area contributed by atoms with Crippen molar-refractivity contribution < 1.29 is 27.5 Å². The van der Waals surface area contributed by atoms with Crippen molar-refractivity contribution in [2.24, 2.45) is 5.16 Å². The summed E-state index contributed by atoms with van der Waals surface area (Å²) in [6.45, 7) is 3.24. The molecular weight excluding hydrogens is 442 g/mol. The van der Waals surface area contributed by atoms with E-state index >= 15 is 0 Å². The lowest BCUT2D eigenvalue weighted by Gasteiger charge is -2.10. The van der Waals surface area contributed by atoms with E-state index < -0.39 is 15.7 Å². The van der Waals surface area contributed by atoms with Crippen LogP contribution >= 0.6 is 11.3 Å². The number of nitrogens with one attached hydrogen (secondary N) is 1. The van der Waals surface area contributed by atoms with Gasteiger partial charge < -0.3 is 14.3 Å². The molecule has 1 N–H and O–H groups in total. The van der Waals surface area contributed by atoms with Gasteiger partial charge in [-0.05, 0) is 25.5 Å². The van der Waals surface area contributed by atoms with E-state index in [4.69, 9.17) is 14.3 Å². The monoisotopic (exact) mass is 467 g/mol. The fourth-order valence-electron chi connectivity index (χ4n) is 2.85. The normalized spacial score (nSPS) is 17.0. The summed E-state index contributed by atoms with van der Waals surface area (Å²) in [6.07, 6.45) is 2.51. The van der Waals surface area contributed by atoms with Gasteiger partial charge in [-0.15, -0.1) is 11.3 Å². The molecule has 1 aliphatic heterocycles. The van der Waals surface area contributed by atoms with Crippen molar-refractivity contribution in [2.45, 2.75) is 30.8 Å². The van der Waals surface area contributed by atoms with E-state index in [0.29, 0.717) is 43.4 Å². The number of thiazole rings is 1. The molecule has 3 rings (SSSR count). The molecular formula is C20H25N3O6S2. The first-order valence-corrected chi connectivity index (χ1v) is 12.2. The van der Waals surface area contributed by atoms with Gasteiger partial charge in [0.25, 0.3) is 5.91 Å². The molecule has 31 heavy (non-hydrogen) atoms. The molecule has 1 saturated heterocycles. The highest BCUT2D eigenvalue weighted by atomic mass is 32.2. The van der Waals surface area contributed by atoms with Crippen LogP contribution in [0.4, 0.5) is 5.13 Å². The van der Waals surface area contributed by atoms with Crippen LogP contribution in [0.3, 0.4) is 0 Å². The number of carbonyl (C=O) groups is 1. The minimum atomic E-state index is -3.44. The summed E-state index contributed by atoms with van der Waals surface area (Å²) in [5, 5.41) is 7.22. The van der Waals surface area contributed by atoms with Crippen molar-refractivity contribution in [1.29, 1.82) is 0 Å². The van der Waals surface area contributed by atoms with E-state index in [0.717, 1.165) is 4.88 Å². The Kier molecular flexibility index (Phi) is 8.13. The number of benzene rings is 1. The Bertz CT molecular complexity index is 1010. The predicted octanol–water partition coefficient (Wildman–Crippen LogP) is 2.41. The minimum absolute atomic E-state index is 0.0180. The van der Waals surface area contributed by atoms with Crippen LogP contribution in [0.25, 0.3) is 0 Å². The second-order valence-electron chi connectivity index (χ2n) is 6.95. The first kappa shape index (κ1) is 23.3. The lowest BCUT2D eigenvalue weighted by Crippen LogP contribution is -2.25. The van der Waals surface area contributed by atoms with E-state index in [1.165, 1.54) is 30.6 Å². The number of carbonyl (C=O) groups excluding carboxylic acids is 1. The van der Waals surface area contributed by atoms with Gasteiger partial charge in [-0.2, -0.15) is 0 Å². The average molecular weight is 468 g/mol. The molecule has 2 aromatic rings. The Morgan fingerprint density at radius 2 is 2.13 bits per heavy atom. The molecule has 1 atom stereocenters. The molecule has 0 spiro atoms. The van der Waals surface area contributed by atoms with Gasteiger partial charge in [0.2, 0.25) is 0 Å². The molecule has 1 aromatic carbocycles. The molecule has 9 nitrogen and oxygen atoms in total. The molecule has 11 heteroatoms. The first-order valence-electron chi connectivity index (χ1n) is 9.76. The summed E-state index contributed by atoms with van der Waals surface area (Å²) in [4.78, 5) is 23.6. The van der Waals surface area contributed by atoms with Gasteiger partial charge in [-0.1, -0.05) is 17.3 Å². The zero-order chi connectivity index (χ0) is 22.3. The van der Waals surface area contributed by atoms with Gasteiger partial charge in [-0.25, -0.2) is 13.4 Å². The highest BCUT2D eigenvalue weighted by Gasteiger charge is 2.22. The van der Waals surface area contributed by atoms with Crippen LogP contribution < -0.4 is 5.32 Å². The van der Waals surface area contributed by atoms with Crippen molar-refractivity contribution >= 4 is 37.9 Å². The fraction of sp³-hybridized carbons (Fsp3) is 0.450. The number of sulfone groups is 1. The van der Waals surface area contributed by atoms with Gasteiger partial charge in [-0.3, -0.25) is 10.1 Å². The van der Waals surface area contributed by atoms with E-state index in [1.807, 2.05) is 6.92 Å². The number of hydrogen-bond acceptors (Lipinski definition) is 9. The Morgan fingerprint density at radius 1 is 1.35 bits per heavy atom. The van der Waals surface area contributed by atoms with Crippen molar-refractivity contribution in [1.82, 2.24) is 4.98 Å². The third-order valence-corrected chi connectivity index (χ3v) is 7.13. The number of nitrogens with zero attached hydrogens (tertiary/aromatic N) is 2. The lowest BCUT2D eigenvalue weighted by molar-refractivity contribution is -0.110. The molecule has 1 aliphatic rings. The Balaban J connectivity index is 1.80. The van der Waals surface area contributed by atoms with Crippen molar-refractivity contribution in [3.8, 4) is 0 Å². The summed E-state index contributed by atoms with van der Waals surface area (Å²) >= 11 is 1.34. The molecule has 0 unspecified atom stereocenters. The van der Waals surface area contributed by atoms with E-state index in [9.17, 15) is 13.2 Å². The first-order chi connectivity index (χ1) is 14.9. The number of ether oxygens (including phenoxy) is 2. The number of aromatic nitrogens is 1. The number of methoxy groups -OCH3 is 1. The van der Waals surface area contributed by atoms with Crippen molar-refractivity contribution in [3.63, 3.8) is 0 Å². The molecule has 0 radical (unpaired) electrons. The molecule has 2 heterocycles. The van der Waals surface area contributed by atoms with E-state index in [-0.39, 0.29) is 22.5 Å². The van der Waals surface area contributed by atoms with Crippen LogP contribution in [0.2, 0.25) is 0 Å². The molecule has 0 saturated carbocycles. The van der Waals surface area contributed by atoms with Gasteiger partial charge in [0.1, 0.15) is 0 Å². The van der Waals surface area contributed by atoms with Crippen LogP contribution in [0, 0.1) is 6.92 Å². The van der Waals surface area contributed by atoms with Crippen molar-refractivity contribution in [3.05, 3.63) is 40.9 Å². The minimum Gasteiger partial charge on any atom is -0.389 e. The lowest BCUT2D eigenvalue weighted by atomic mass is 10.1. The fourth-order valence-corrected chi connectivity index (χ4v) is 4.79. The SMILES string of the molecule is COCCCS(=O)(=O)c1ccc(/C(=N\O[C@@H]2CCOC2)C(=O)Nc2ncc(C)s2)cc1. The average Bonchev–Trinajstić information content (AvgIpc) is 3.40. The number of amides is 1. The van der Waals surface area contributed by atoms with E-state index in [1.54, 1.807) is 18.3 Å². The number of rotatable bonds is 10. The number of anilines is 1. The summed E-state index contributed by atoms with van der Waals surface area (Å²) in [5.74, 6) is -0.514. The standard InChI is InChI=1S/C20H25N3O6S2/c1-14-12-21-20(30-14)22-19(24)18(23-29-16-8-10-28-13-16)15-4-6-17(7-5-15)31(25,26)11-3-9-27-2/h4-7,12,16H,3,8-11,13H2,1-2H3,(H,21,22,24)/b23-18+/t16-/m1/s1. The Labute approximate surface area is 185 Å². The molecule has 0 bridgehead atoms. The van der Waals surface area contributed by atoms with Gasteiger partial charge in [0, 0.05) is 36.8 Å². The quantitative estimate of drug-likeness (QED) is 0.324. The molecule has 168 valence electrons. The second kappa shape index (κ2) is 10.8.